The van der Waals surface area contributed by atoms with E-state index < -0.39 is 11.4 Å². The summed E-state index contributed by atoms with van der Waals surface area (Å²) in [5.74, 6) is -0.728. The second kappa shape index (κ2) is 5.05. The van der Waals surface area contributed by atoms with Crippen molar-refractivity contribution in [2.45, 2.75) is 6.92 Å². The van der Waals surface area contributed by atoms with Crippen molar-refractivity contribution < 1.29 is 9.53 Å². The number of aromatic amines is 1. The third-order valence-corrected chi connectivity index (χ3v) is 2.67. The van der Waals surface area contributed by atoms with Crippen molar-refractivity contribution in [2.24, 2.45) is 0 Å². The minimum Gasteiger partial charge on any atom is -0.461 e. The van der Waals surface area contributed by atoms with Crippen LogP contribution >= 0.6 is 12.2 Å². The molecule has 18 heavy (non-hydrogen) atoms. The second-order valence-corrected chi connectivity index (χ2v) is 3.78. The van der Waals surface area contributed by atoms with Crippen LogP contribution in [0.2, 0.25) is 0 Å². The van der Waals surface area contributed by atoms with Crippen molar-refractivity contribution in [2.75, 3.05) is 6.61 Å². The average molecular weight is 262 g/mol. The molecular weight excluding hydrogens is 252 g/mol. The van der Waals surface area contributed by atoms with E-state index in [0.717, 1.165) is 5.56 Å². The number of aromatic nitrogens is 2. The van der Waals surface area contributed by atoms with Gasteiger partial charge in [0.15, 0.2) is 0 Å². The largest absolute Gasteiger partial charge is 0.461 e. The van der Waals surface area contributed by atoms with Crippen LogP contribution in [-0.4, -0.2) is 28.1 Å². The van der Waals surface area contributed by atoms with Crippen LogP contribution in [0.1, 0.15) is 23.0 Å². The lowest BCUT2D eigenvalue weighted by Gasteiger charge is -2.02. The van der Waals surface area contributed by atoms with Crippen molar-refractivity contribution in [3.63, 3.8) is 0 Å². The first-order valence-corrected chi connectivity index (χ1v) is 5.79. The predicted octanol–water partition coefficient (Wildman–Crippen LogP) is 1.45. The number of thiocarbonyl (C=S) groups is 1. The van der Waals surface area contributed by atoms with Crippen LogP contribution in [0.15, 0.2) is 23.0 Å². The Kier molecular flexibility index (Phi) is 3.47. The van der Waals surface area contributed by atoms with Crippen molar-refractivity contribution in [1.82, 2.24) is 10.2 Å². The van der Waals surface area contributed by atoms with Gasteiger partial charge in [0.05, 0.1) is 17.5 Å². The zero-order valence-electron chi connectivity index (χ0n) is 9.60. The van der Waals surface area contributed by atoms with Crippen LogP contribution in [0.5, 0.6) is 0 Å². The van der Waals surface area contributed by atoms with E-state index in [9.17, 15) is 9.59 Å². The Morgan fingerprint density at radius 2 is 2.33 bits per heavy atom. The molecule has 0 saturated carbocycles. The highest BCUT2D eigenvalue weighted by molar-refractivity contribution is 7.79. The van der Waals surface area contributed by atoms with Gasteiger partial charge in [-0.05, 0) is 24.6 Å². The molecule has 0 aliphatic heterocycles. The van der Waals surface area contributed by atoms with Crippen LogP contribution in [0.4, 0.5) is 0 Å². The molecule has 1 aromatic carbocycles. The Hall–Kier alpha value is -2.08. The lowest BCUT2D eigenvalue weighted by molar-refractivity contribution is 0.0517. The summed E-state index contributed by atoms with van der Waals surface area (Å²) in [6, 6.07) is 5.07. The molecule has 0 spiro atoms. The minimum atomic E-state index is -0.728. The number of carbonyl (C=O) groups excluding carboxylic acids is 1. The standard InChI is InChI=1S/C12H10N2O3S/c1-2-17-12(16)10-11(15)8-5-7(6-18)3-4-9(8)13-14-10/h3-6H,2H2,1H3,(H,13,15). The van der Waals surface area contributed by atoms with E-state index in [1.165, 1.54) is 5.37 Å². The Morgan fingerprint density at radius 1 is 1.56 bits per heavy atom. The van der Waals surface area contributed by atoms with E-state index in [2.05, 4.69) is 10.2 Å². The van der Waals surface area contributed by atoms with Crippen molar-refractivity contribution in [3.05, 3.63) is 39.7 Å². The molecule has 0 aliphatic carbocycles. The van der Waals surface area contributed by atoms with Crippen LogP contribution in [0, 0.1) is 0 Å². The molecule has 0 radical (unpaired) electrons. The monoisotopic (exact) mass is 262 g/mol. The Morgan fingerprint density at radius 3 is 3.00 bits per heavy atom. The lowest BCUT2D eigenvalue weighted by Crippen LogP contribution is -2.21. The zero-order chi connectivity index (χ0) is 13.1. The van der Waals surface area contributed by atoms with Crippen molar-refractivity contribution in [3.8, 4) is 0 Å². The van der Waals surface area contributed by atoms with Gasteiger partial charge in [-0.3, -0.25) is 9.89 Å². The highest BCUT2D eigenvalue weighted by Gasteiger charge is 2.15. The van der Waals surface area contributed by atoms with Crippen molar-refractivity contribution in [1.29, 1.82) is 0 Å². The van der Waals surface area contributed by atoms with Crippen LogP contribution in [0.25, 0.3) is 10.9 Å². The van der Waals surface area contributed by atoms with E-state index in [-0.39, 0.29) is 12.3 Å². The molecule has 0 amide bonds. The molecule has 0 atom stereocenters. The van der Waals surface area contributed by atoms with Gasteiger partial charge in [-0.1, -0.05) is 18.3 Å². The Bertz CT molecular complexity index is 679. The molecule has 2 aromatic rings. The first kappa shape index (κ1) is 12.4. The smallest absolute Gasteiger partial charge is 0.362 e. The van der Waals surface area contributed by atoms with Gasteiger partial charge in [0.2, 0.25) is 11.1 Å². The van der Waals surface area contributed by atoms with E-state index in [1.807, 2.05) is 0 Å². The van der Waals surface area contributed by atoms with Gasteiger partial charge < -0.3 is 4.74 Å². The summed E-state index contributed by atoms with van der Waals surface area (Å²) in [5.41, 5.74) is 0.574. The van der Waals surface area contributed by atoms with Gasteiger partial charge in [0, 0.05) is 5.37 Å². The fourth-order valence-electron chi connectivity index (χ4n) is 1.55. The van der Waals surface area contributed by atoms with Crippen molar-refractivity contribution >= 4 is 34.5 Å². The van der Waals surface area contributed by atoms with E-state index in [4.69, 9.17) is 17.0 Å². The number of carbonyl (C=O) groups is 1. The lowest BCUT2D eigenvalue weighted by atomic mass is 10.1. The summed E-state index contributed by atoms with van der Waals surface area (Å²) in [4.78, 5) is 23.6. The molecule has 0 saturated heterocycles. The zero-order valence-corrected chi connectivity index (χ0v) is 10.4. The fraction of sp³-hybridized carbons (Fsp3) is 0.167. The summed E-state index contributed by atoms with van der Waals surface area (Å²) < 4.78 is 4.76. The second-order valence-electron chi connectivity index (χ2n) is 3.54. The highest BCUT2D eigenvalue weighted by atomic mass is 32.1. The number of benzene rings is 1. The van der Waals surface area contributed by atoms with Gasteiger partial charge >= 0.3 is 5.97 Å². The molecular formula is C12H10N2O3S. The predicted molar refractivity (Wildman–Crippen MR) is 71.1 cm³/mol. The van der Waals surface area contributed by atoms with Gasteiger partial charge in [-0.25, -0.2) is 4.79 Å². The van der Waals surface area contributed by atoms with Gasteiger partial charge in [-0.15, -0.1) is 0 Å². The summed E-state index contributed by atoms with van der Waals surface area (Å²) >= 11 is 4.81. The molecule has 0 fully saturated rings. The molecule has 1 N–H and O–H groups in total. The first-order chi connectivity index (χ1) is 8.67. The molecule has 1 heterocycles. The first-order valence-electron chi connectivity index (χ1n) is 5.32. The van der Waals surface area contributed by atoms with Crippen LogP contribution in [-0.2, 0) is 4.74 Å². The number of rotatable bonds is 3. The molecule has 0 aliphatic rings. The number of nitrogens with one attached hydrogen (secondary N) is 1. The molecule has 6 heteroatoms. The molecule has 1 aromatic heterocycles. The quantitative estimate of drug-likeness (QED) is 0.669. The summed E-state index contributed by atoms with van der Waals surface area (Å²) in [6.07, 6.45) is 0. The van der Waals surface area contributed by atoms with E-state index >= 15 is 0 Å². The summed E-state index contributed by atoms with van der Waals surface area (Å²) in [5, 5.41) is 8.21. The molecule has 5 nitrogen and oxygen atoms in total. The number of esters is 1. The SMILES string of the molecule is CCOC(=O)c1n[nH]c2ccc(C=S)cc2c1=O. The fourth-order valence-corrected chi connectivity index (χ4v) is 1.70. The number of ether oxygens (including phenoxy) is 1. The van der Waals surface area contributed by atoms with Crippen LogP contribution in [0.3, 0.4) is 0 Å². The number of hydrogen-bond acceptors (Lipinski definition) is 5. The molecule has 0 bridgehead atoms. The maximum absolute atomic E-state index is 12.1. The maximum Gasteiger partial charge on any atom is 0.362 e. The highest BCUT2D eigenvalue weighted by Crippen LogP contribution is 2.09. The minimum absolute atomic E-state index is 0.192. The van der Waals surface area contributed by atoms with E-state index in [1.54, 1.807) is 25.1 Å². The molecule has 2 rings (SSSR count). The summed E-state index contributed by atoms with van der Waals surface area (Å²) in [7, 11) is 0. The summed E-state index contributed by atoms with van der Waals surface area (Å²) in [6.45, 7) is 1.86. The Balaban J connectivity index is 2.65. The van der Waals surface area contributed by atoms with E-state index in [0.29, 0.717) is 10.9 Å². The number of nitrogens with zero attached hydrogens (tertiary/aromatic N) is 1. The topological polar surface area (TPSA) is 72.0 Å². The maximum atomic E-state index is 12.1. The van der Waals surface area contributed by atoms with Crippen LogP contribution < -0.4 is 5.43 Å². The third kappa shape index (κ3) is 2.14. The Labute approximate surface area is 108 Å². The average Bonchev–Trinajstić information content (AvgIpc) is 2.39. The number of fused-ring (bicyclic) bond motifs is 1. The normalized spacial score (nSPS) is 10.3. The van der Waals surface area contributed by atoms with Gasteiger partial charge in [0.1, 0.15) is 0 Å². The van der Waals surface area contributed by atoms with Gasteiger partial charge in [0.25, 0.3) is 0 Å². The third-order valence-electron chi connectivity index (χ3n) is 2.40. The molecule has 0 unspecified atom stereocenters. The van der Waals surface area contributed by atoms with Gasteiger partial charge in [-0.2, -0.15) is 5.10 Å². The molecule has 92 valence electrons. The number of H-pyrrole nitrogens is 1. The number of hydrogen-bond donors (Lipinski definition) is 1.